The van der Waals surface area contributed by atoms with Crippen LogP contribution < -0.4 is 41.2 Å². The topological polar surface area (TPSA) is 289 Å². The second kappa shape index (κ2) is 22.0. The van der Waals surface area contributed by atoms with Crippen LogP contribution in [0, 0.1) is 17.8 Å². The maximum atomic E-state index is 12.0. The lowest BCUT2D eigenvalue weighted by atomic mass is 9.64. The summed E-state index contributed by atoms with van der Waals surface area (Å²) in [7, 11) is -10.3. The first kappa shape index (κ1) is 54.3. The molecule has 1 aromatic carbocycles. The van der Waals surface area contributed by atoms with Crippen molar-refractivity contribution in [3.05, 3.63) is 93.1 Å². The Bertz CT molecular complexity index is 3160. The van der Waals surface area contributed by atoms with Gasteiger partial charge in [0.05, 0.1) is 45.8 Å². The predicted molar refractivity (Wildman–Crippen MR) is 301 cm³/mol. The van der Waals surface area contributed by atoms with E-state index in [2.05, 4.69) is 80.5 Å². The Morgan fingerprint density at radius 2 is 0.961 bits per heavy atom. The number of hydrogen-bond acceptors (Lipinski definition) is 17. The SMILES string of the molecule is CCCS(=O)(=O)NC1CC(C2=NN(C)B(O)c3ccc4c(c32)C=CC4)C1.CCCS(=O)(=O)NC1CC(C2=NNB(O)c3cnc4c(c32)C=CC4)C1.CCCS(=O)(=O)NC1CC(C2=NNB(O)c3cnc4c(c32)C=CC4)C1. The number of pyridine rings is 2. The number of rotatable bonds is 15. The molecule has 26 heteroatoms. The normalized spacial score (nSPS) is 24.2. The molecule has 9 aliphatic rings. The minimum Gasteiger partial charge on any atom is -0.428 e. The molecule has 8 N–H and O–H groups in total. The van der Waals surface area contributed by atoms with Crippen LogP contribution in [-0.2, 0) is 49.3 Å². The predicted octanol–water partition coefficient (Wildman–Crippen LogP) is 0.208. The second-order valence-corrected chi connectivity index (χ2v) is 26.8. The van der Waals surface area contributed by atoms with Gasteiger partial charge in [-0.3, -0.25) is 9.97 Å². The van der Waals surface area contributed by atoms with Gasteiger partial charge < -0.3 is 30.7 Å². The van der Waals surface area contributed by atoms with Gasteiger partial charge in [-0.2, -0.15) is 15.3 Å². The van der Waals surface area contributed by atoms with Crippen molar-refractivity contribution in [1.29, 1.82) is 0 Å². The summed E-state index contributed by atoms with van der Waals surface area (Å²) in [5.74, 6) is 1.05. The Morgan fingerprint density at radius 1 is 0.566 bits per heavy atom. The number of nitrogens with one attached hydrogen (secondary N) is 5. The van der Waals surface area contributed by atoms with Crippen molar-refractivity contribution in [2.75, 3.05) is 24.3 Å². The van der Waals surface area contributed by atoms with E-state index in [1.54, 1.807) is 24.4 Å². The first-order chi connectivity index (χ1) is 36.4. The quantitative estimate of drug-likeness (QED) is 0.0946. The summed E-state index contributed by atoms with van der Waals surface area (Å²) in [6.45, 7) is 5.58. The zero-order chi connectivity index (χ0) is 53.7. The van der Waals surface area contributed by atoms with Crippen LogP contribution in [0.1, 0.15) is 129 Å². The number of sulfonamides is 3. The largest absolute Gasteiger partial charge is 0.466 e. The van der Waals surface area contributed by atoms with Gasteiger partial charge in [0.1, 0.15) is 0 Å². The number of benzene rings is 1. The number of aromatic nitrogens is 2. The van der Waals surface area contributed by atoms with Crippen molar-refractivity contribution < 1.29 is 40.3 Å². The molecule has 76 heavy (non-hydrogen) atoms. The molecule has 3 aromatic rings. The summed E-state index contributed by atoms with van der Waals surface area (Å²) in [6.07, 6.45) is 24.6. The van der Waals surface area contributed by atoms with Crippen LogP contribution in [0.25, 0.3) is 18.2 Å². The maximum absolute atomic E-state index is 12.0. The van der Waals surface area contributed by atoms with E-state index < -0.39 is 51.2 Å². The molecule has 0 saturated heterocycles. The third-order valence-corrected chi connectivity index (χ3v) is 20.5. The molecule has 5 heterocycles. The molecule has 3 fully saturated rings. The molecule has 0 unspecified atom stereocenters. The lowest BCUT2D eigenvalue weighted by Crippen LogP contribution is -2.54. The van der Waals surface area contributed by atoms with E-state index in [9.17, 15) is 40.3 Å². The van der Waals surface area contributed by atoms with E-state index in [1.807, 2.05) is 39.0 Å². The maximum Gasteiger partial charge on any atom is 0.466 e. The fraction of sp³-hybridized carbons (Fsp3) is 0.500. The first-order valence-electron chi connectivity index (χ1n) is 26.6. The smallest absolute Gasteiger partial charge is 0.428 e. The van der Waals surface area contributed by atoms with Gasteiger partial charge >= 0.3 is 21.2 Å². The van der Waals surface area contributed by atoms with Crippen molar-refractivity contribution in [2.45, 2.75) is 116 Å². The van der Waals surface area contributed by atoms with Crippen LogP contribution in [0.5, 0.6) is 0 Å². The van der Waals surface area contributed by atoms with Crippen molar-refractivity contribution in [3.8, 4) is 0 Å². The van der Waals surface area contributed by atoms with Crippen LogP contribution in [0.3, 0.4) is 0 Å². The number of allylic oxidation sites excluding steroid dienone is 3. The van der Waals surface area contributed by atoms with Gasteiger partial charge in [0, 0.05) is 107 Å². The van der Waals surface area contributed by atoms with E-state index >= 15 is 0 Å². The average molecular weight is 1090 g/mol. The summed E-state index contributed by atoms with van der Waals surface area (Å²) in [6, 6.07) is 3.98. The monoisotopic (exact) mass is 1090 g/mol. The van der Waals surface area contributed by atoms with Gasteiger partial charge in [0.15, 0.2) is 0 Å². The van der Waals surface area contributed by atoms with Crippen LogP contribution in [0.4, 0.5) is 0 Å². The molecule has 0 spiro atoms. The van der Waals surface area contributed by atoms with Crippen molar-refractivity contribution >= 4 is 103 Å². The molecular formula is C50H66B3N11O9S3. The average Bonchev–Trinajstić information content (AvgIpc) is 4.18. The zero-order valence-electron chi connectivity index (χ0n) is 43.3. The molecule has 3 aliphatic heterocycles. The Kier molecular flexibility index (Phi) is 15.7. The molecule has 20 nitrogen and oxygen atoms in total. The Labute approximate surface area is 447 Å². The zero-order valence-corrected chi connectivity index (χ0v) is 45.7. The number of nitrogens with zero attached hydrogens (tertiary/aromatic N) is 6. The number of hydrazone groups is 3. The van der Waals surface area contributed by atoms with Crippen LogP contribution >= 0.6 is 0 Å². The molecule has 0 bridgehead atoms. The summed E-state index contributed by atoms with van der Waals surface area (Å²) in [5, 5.41) is 49.8. The number of hydrogen-bond donors (Lipinski definition) is 8. The van der Waals surface area contributed by atoms with Crippen LogP contribution in [-0.4, -0.2) is 136 Å². The fourth-order valence-corrected chi connectivity index (χ4v) is 15.8. The highest BCUT2D eigenvalue weighted by molar-refractivity contribution is 7.90. The minimum atomic E-state index is -3.19. The summed E-state index contributed by atoms with van der Waals surface area (Å²) < 4.78 is 79.9. The van der Waals surface area contributed by atoms with Crippen LogP contribution in [0.15, 0.2) is 58.1 Å². The van der Waals surface area contributed by atoms with Gasteiger partial charge in [-0.05, 0) is 80.8 Å². The van der Waals surface area contributed by atoms with Crippen molar-refractivity contribution in [3.63, 3.8) is 0 Å². The summed E-state index contributed by atoms with van der Waals surface area (Å²) in [4.78, 5) is 10.5. The molecule has 0 radical (unpaired) electrons. The molecule has 2 aromatic heterocycles. The van der Waals surface area contributed by atoms with E-state index in [0.29, 0.717) is 19.3 Å². The van der Waals surface area contributed by atoms with E-state index in [4.69, 9.17) is 0 Å². The Hall–Kier alpha value is -5.05. The van der Waals surface area contributed by atoms with Gasteiger partial charge in [0.2, 0.25) is 30.1 Å². The third-order valence-electron chi connectivity index (χ3n) is 15.5. The minimum absolute atomic E-state index is 0.0211. The van der Waals surface area contributed by atoms with Gasteiger partial charge in [-0.15, -0.1) is 0 Å². The Morgan fingerprint density at radius 3 is 1.39 bits per heavy atom. The third kappa shape index (κ3) is 11.2. The van der Waals surface area contributed by atoms with E-state index in [1.165, 1.54) is 5.56 Å². The Balaban J connectivity index is 0.000000130. The molecule has 0 atom stereocenters. The van der Waals surface area contributed by atoms with E-state index in [0.717, 1.165) is 136 Å². The molecule has 402 valence electrons. The summed E-state index contributed by atoms with van der Waals surface area (Å²) >= 11 is 0. The highest BCUT2D eigenvalue weighted by Gasteiger charge is 2.44. The van der Waals surface area contributed by atoms with Gasteiger partial charge in [-0.25, -0.2) is 39.4 Å². The summed E-state index contributed by atoms with van der Waals surface area (Å²) in [5.41, 5.74) is 14.6. The highest BCUT2D eigenvalue weighted by Crippen LogP contribution is 2.38. The van der Waals surface area contributed by atoms with Gasteiger partial charge in [0.25, 0.3) is 0 Å². The molecule has 12 rings (SSSR count). The molecule has 6 aliphatic carbocycles. The lowest BCUT2D eigenvalue weighted by molar-refractivity contribution is 0.315. The highest BCUT2D eigenvalue weighted by atomic mass is 32.2. The lowest BCUT2D eigenvalue weighted by Gasteiger charge is -2.40. The van der Waals surface area contributed by atoms with Crippen LogP contribution in [0.2, 0.25) is 0 Å². The second-order valence-electron chi connectivity index (χ2n) is 21.2. The number of fused-ring (bicyclic) bond motifs is 9. The first-order valence-corrected chi connectivity index (χ1v) is 31.5. The van der Waals surface area contributed by atoms with Crippen molar-refractivity contribution in [1.82, 2.24) is 39.7 Å². The molecule has 3 saturated carbocycles. The van der Waals surface area contributed by atoms with Gasteiger partial charge in [-0.1, -0.05) is 69.4 Å². The van der Waals surface area contributed by atoms with E-state index in [-0.39, 0.29) is 53.1 Å². The standard InChI is InChI=1S/C18H24BN3O3S.2C16H21BN4O3S/c1-3-9-26(24,25)21-14-10-13(11-14)18-17-15-6-4-5-12(15)7-8-16(17)19(23)22(2)20-18;2*1-2-6-25(23,24)20-11-7-10(8-11)16-15-12-4-3-5-14(12)18-9-13(15)17(22)21-19-16/h4,6-8,13-14,21,23H,3,5,9-11H2,1-2H3;2*3-4,9-11,20-22H,2,5-8H2,1H3. The van der Waals surface area contributed by atoms with Crippen molar-refractivity contribution in [2.24, 2.45) is 33.1 Å². The fourth-order valence-electron chi connectivity index (χ4n) is 11.7. The molecule has 0 amide bonds. The molecular weight excluding hydrogens is 1030 g/mol.